The number of rotatable bonds is 13. The van der Waals surface area contributed by atoms with E-state index < -0.39 is 0 Å². The molecule has 0 bridgehead atoms. The molecule has 9 heteroatoms. The molecule has 0 aliphatic carbocycles. The Morgan fingerprint density at radius 2 is 0.979 bits per heavy atom. The molecule has 7 aromatic rings. The van der Waals surface area contributed by atoms with Gasteiger partial charge in [-0.25, -0.2) is 4.98 Å². The summed E-state index contributed by atoms with van der Waals surface area (Å²) in [5.74, 6) is 0. The van der Waals surface area contributed by atoms with E-state index in [9.17, 15) is 0 Å². The SMILES string of the molecule is CCC(C)Nc1ccc(NNc2ccc(NNc3ccc(NNc4ncc(-c5ccccc5)s4)cc3)c3ccccc23)c2ccccc12. The minimum atomic E-state index is 0.404. The van der Waals surface area contributed by atoms with Crippen molar-refractivity contribution < 1.29 is 0 Å². The van der Waals surface area contributed by atoms with Gasteiger partial charge in [0.2, 0.25) is 5.13 Å². The first-order chi connectivity index (χ1) is 23.6. The van der Waals surface area contributed by atoms with Crippen LogP contribution in [-0.2, 0) is 0 Å². The molecule has 7 N–H and O–H groups in total. The highest BCUT2D eigenvalue weighted by atomic mass is 32.1. The van der Waals surface area contributed by atoms with Gasteiger partial charge in [0.15, 0.2) is 0 Å². The van der Waals surface area contributed by atoms with Gasteiger partial charge in [0.25, 0.3) is 0 Å². The lowest BCUT2D eigenvalue weighted by Gasteiger charge is -2.19. The monoisotopic (exact) mass is 650 g/mol. The second-order valence-corrected chi connectivity index (χ2v) is 12.6. The van der Waals surface area contributed by atoms with E-state index >= 15 is 0 Å². The second kappa shape index (κ2) is 14.2. The van der Waals surface area contributed by atoms with E-state index in [1.807, 2.05) is 48.7 Å². The molecule has 0 fully saturated rings. The Morgan fingerprint density at radius 1 is 0.521 bits per heavy atom. The zero-order valence-corrected chi connectivity index (χ0v) is 27.7. The van der Waals surface area contributed by atoms with Crippen LogP contribution in [0.4, 0.5) is 39.3 Å². The van der Waals surface area contributed by atoms with Gasteiger partial charge in [-0.3, -0.25) is 10.9 Å². The van der Waals surface area contributed by atoms with Gasteiger partial charge in [0, 0.05) is 39.5 Å². The predicted molar refractivity (Wildman–Crippen MR) is 207 cm³/mol. The van der Waals surface area contributed by atoms with Gasteiger partial charge < -0.3 is 27.0 Å². The van der Waals surface area contributed by atoms with Crippen molar-refractivity contribution >= 4 is 72.1 Å². The summed E-state index contributed by atoms with van der Waals surface area (Å²) < 4.78 is 0. The summed E-state index contributed by atoms with van der Waals surface area (Å²) in [5, 5.41) is 8.98. The first kappa shape index (κ1) is 30.7. The van der Waals surface area contributed by atoms with Gasteiger partial charge in [0.05, 0.1) is 33.3 Å². The van der Waals surface area contributed by atoms with Crippen molar-refractivity contribution in [3.63, 3.8) is 0 Å². The molecule has 1 aromatic heterocycles. The van der Waals surface area contributed by atoms with Crippen LogP contribution in [0.1, 0.15) is 20.3 Å². The molecule has 0 amide bonds. The molecule has 7 rings (SSSR count). The molecule has 0 radical (unpaired) electrons. The summed E-state index contributed by atoms with van der Waals surface area (Å²) >= 11 is 1.60. The summed E-state index contributed by atoms with van der Waals surface area (Å²) in [5.41, 5.74) is 27.3. The fourth-order valence-corrected chi connectivity index (χ4v) is 6.30. The van der Waals surface area contributed by atoms with E-state index in [2.05, 4.69) is 142 Å². The van der Waals surface area contributed by atoms with Crippen LogP contribution >= 0.6 is 11.3 Å². The van der Waals surface area contributed by atoms with Crippen molar-refractivity contribution in [1.29, 1.82) is 0 Å². The summed E-state index contributed by atoms with van der Waals surface area (Å²) in [6.45, 7) is 4.40. The average Bonchev–Trinajstić information content (AvgIpc) is 3.63. The molecular formula is C39H38N8S. The van der Waals surface area contributed by atoms with Crippen molar-refractivity contribution in [3.8, 4) is 10.4 Å². The first-order valence-electron chi connectivity index (χ1n) is 16.1. The van der Waals surface area contributed by atoms with Crippen molar-refractivity contribution in [3.05, 3.63) is 134 Å². The minimum Gasteiger partial charge on any atom is -0.382 e. The molecule has 0 aliphatic rings. The van der Waals surface area contributed by atoms with Gasteiger partial charge in [0.1, 0.15) is 0 Å². The number of nitrogens with zero attached hydrogens (tertiary/aromatic N) is 1. The first-order valence-corrected chi connectivity index (χ1v) is 16.9. The predicted octanol–water partition coefficient (Wildman–Crippen LogP) is 10.6. The summed E-state index contributed by atoms with van der Waals surface area (Å²) in [7, 11) is 0. The Morgan fingerprint density at radius 3 is 1.52 bits per heavy atom. The van der Waals surface area contributed by atoms with E-state index in [1.54, 1.807) is 11.3 Å². The standard InChI is InChI=1S/C39H38N8S/c1-3-26(2)41-34-21-22-36(31-14-8-7-13-30(31)34)45-46-37-24-23-35(32-15-9-10-16-33(32)37)44-42-28-17-19-29(20-18-28)43-47-39-40-25-38(48-39)27-11-5-4-6-12-27/h4-26,41-46H,3H2,1-2H3,(H,40,47). The third kappa shape index (κ3) is 6.91. The topological polar surface area (TPSA) is 97.1 Å². The van der Waals surface area contributed by atoms with Crippen molar-refractivity contribution in [2.75, 3.05) is 37.9 Å². The van der Waals surface area contributed by atoms with Gasteiger partial charge in [-0.05, 0) is 67.4 Å². The molecule has 0 aliphatic heterocycles. The summed E-state index contributed by atoms with van der Waals surface area (Å²) in [4.78, 5) is 5.60. The number of aromatic nitrogens is 1. The fourth-order valence-electron chi connectivity index (χ4n) is 5.52. The van der Waals surface area contributed by atoms with Crippen LogP contribution in [0, 0.1) is 0 Å². The van der Waals surface area contributed by atoms with Crippen molar-refractivity contribution in [1.82, 2.24) is 4.98 Å². The van der Waals surface area contributed by atoms with Crippen molar-refractivity contribution in [2.24, 2.45) is 0 Å². The number of thiazole rings is 1. The molecule has 1 heterocycles. The molecule has 6 aromatic carbocycles. The van der Waals surface area contributed by atoms with E-state index in [0.29, 0.717) is 6.04 Å². The maximum Gasteiger partial charge on any atom is 0.202 e. The van der Waals surface area contributed by atoms with Gasteiger partial charge >= 0.3 is 0 Å². The third-order valence-corrected chi connectivity index (χ3v) is 9.26. The largest absolute Gasteiger partial charge is 0.382 e. The highest BCUT2D eigenvalue weighted by Gasteiger charge is 2.10. The molecule has 0 saturated carbocycles. The third-order valence-electron chi connectivity index (χ3n) is 8.30. The van der Waals surface area contributed by atoms with Crippen molar-refractivity contribution in [2.45, 2.75) is 26.3 Å². The Bertz CT molecular complexity index is 2130. The number of hydrogen-bond acceptors (Lipinski definition) is 9. The molecule has 1 unspecified atom stereocenters. The van der Waals surface area contributed by atoms with E-state index in [0.717, 1.165) is 72.3 Å². The van der Waals surface area contributed by atoms with Gasteiger partial charge in [-0.1, -0.05) is 97.1 Å². The van der Waals surface area contributed by atoms with Gasteiger partial charge in [-0.15, -0.1) is 0 Å². The van der Waals surface area contributed by atoms with Gasteiger partial charge in [-0.2, -0.15) is 0 Å². The normalized spacial score (nSPS) is 11.5. The highest BCUT2D eigenvalue weighted by molar-refractivity contribution is 7.18. The number of anilines is 7. The van der Waals surface area contributed by atoms with E-state index in [1.165, 1.54) is 5.39 Å². The molecule has 0 saturated heterocycles. The number of fused-ring (bicyclic) bond motifs is 2. The summed E-state index contributed by atoms with van der Waals surface area (Å²) in [6, 6.07) is 44.0. The van der Waals surface area contributed by atoms with Crippen LogP contribution in [0.3, 0.4) is 0 Å². The lowest BCUT2D eigenvalue weighted by molar-refractivity contribution is 0.765. The zero-order valence-electron chi connectivity index (χ0n) is 26.8. The Balaban J connectivity index is 0.990. The van der Waals surface area contributed by atoms with Crippen LogP contribution in [0.2, 0.25) is 0 Å². The molecular weight excluding hydrogens is 613 g/mol. The van der Waals surface area contributed by atoms with Crippen LogP contribution in [0.25, 0.3) is 32.0 Å². The quantitative estimate of drug-likeness (QED) is 0.0620. The van der Waals surface area contributed by atoms with Crippen LogP contribution in [-0.4, -0.2) is 11.0 Å². The molecule has 240 valence electrons. The Kier molecular flexibility index (Phi) is 9.11. The fraction of sp³-hybridized carbons (Fsp3) is 0.103. The van der Waals surface area contributed by atoms with E-state index in [4.69, 9.17) is 0 Å². The Labute approximate surface area is 284 Å². The maximum atomic E-state index is 4.48. The maximum absolute atomic E-state index is 4.48. The number of nitrogens with one attached hydrogen (secondary N) is 7. The van der Waals surface area contributed by atoms with Crippen LogP contribution in [0.5, 0.6) is 0 Å². The lowest BCUT2D eigenvalue weighted by Crippen LogP contribution is -2.14. The lowest BCUT2D eigenvalue weighted by atomic mass is 10.1. The van der Waals surface area contributed by atoms with Crippen LogP contribution in [0.15, 0.2) is 134 Å². The number of hydrogen-bond donors (Lipinski definition) is 7. The smallest absolute Gasteiger partial charge is 0.202 e. The summed E-state index contributed by atoms with van der Waals surface area (Å²) in [6.07, 6.45) is 2.95. The number of benzene rings is 6. The van der Waals surface area contributed by atoms with E-state index in [-0.39, 0.29) is 0 Å². The highest BCUT2D eigenvalue weighted by Crippen LogP contribution is 2.34. The Hall–Kier alpha value is -5.93. The zero-order chi connectivity index (χ0) is 32.7. The average molecular weight is 651 g/mol. The number of hydrazine groups is 3. The second-order valence-electron chi connectivity index (χ2n) is 11.6. The molecule has 8 nitrogen and oxygen atoms in total. The molecule has 48 heavy (non-hydrogen) atoms. The van der Waals surface area contributed by atoms with Crippen LogP contribution < -0.4 is 37.9 Å². The molecule has 1 atom stereocenters. The minimum absolute atomic E-state index is 0.404. The molecule has 0 spiro atoms.